The molecule has 1 fully saturated rings. The SMILES string of the molecule is CNC(=O)c1ccc(N(CC(C)C)C2CCCC2)c([N+](=O)[O-])c1. The van der Waals surface area contributed by atoms with Gasteiger partial charge in [-0.05, 0) is 30.9 Å². The van der Waals surface area contributed by atoms with Crippen LogP contribution in [0.4, 0.5) is 11.4 Å². The van der Waals surface area contributed by atoms with E-state index in [0.29, 0.717) is 23.2 Å². The molecule has 6 heteroatoms. The van der Waals surface area contributed by atoms with Gasteiger partial charge in [-0.1, -0.05) is 26.7 Å². The second-order valence-corrected chi connectivity index (χ2v) is 6.52. The van der Waals surface area contributed by atoms with Gasteiger partial charge in [-0.15, -0.1) is 0 Å². The number of carbonyl (C=O) groups is 1. The normalized spacial score (nSPS) is 15.0. The van der Waals surface area contributed by atoms with E-state index >= 15 is 0 Å². The van der Waals surface area contributed by atoms with Crippen LogP contribution >= 0.6 is 0 Å². The molecular weight excluding hydrogens is 294 g/mol. The number of hydrogen-bond donors (Lipinski definition) is 1. The van der Waals surface area contributed by atoms with Gasteiger partial charge in [0.25, 0.3) is 11.6 Å². The third-order valence-electron chi connectivity index (χ3n) is 4.30. The lowest BCUT2D eigenvalue weighted by Gasteiger charge is -2.32. The monoisotopic (exact) mass is 319 g/mol. The van der Waals surface area contributed by atoms with Crippen LogP contribution in [0.25, 0.3) is 0 Å². The van der Waals surface area contributed by atoms with E-state index < -0.39 is 0 Å². The molecule has 0 spiro atoms. The highest BCUT2D eigenvalue weighted by Crippen LogP contribution is 2.35. The lowest BCUT2D eigenvalue weighted by molar-refractivity contribution is -0.384. The van der Waals surface area contributed by atoms with Crippen LogP contribution in [0.1, 0.15) is 49.9 Å². The fourth-order valence-corrected chi connectivity index (χ4v) is 3.25. The fraction of sp³-hybridized carbons (Fsp3) is 0.588. The first-order chi connectivity index (χ1) is 10.9. The summed E-state index contributed by atoms with van der Waals surface area (Å²) in [5, 5.41) is 14.0. The van der Waals surface area contributed by atoms with E-state index in [2.05, 4.69) is 24.1 Å². The van der Waals surface area contributed by atoms with Crippen molar-refractivity contribution in [1.82, 2.24) is 5.32 Å². The van der Waals surface area contributed by atoms with Gasteiger partial charge in [0.15, 0.2) is 0 Å². The van der Waals surface area contributed by atoms with Crippen molar-refractivity contribution >= 4 is 17.3 Å². The van der Waals surface area contributed by atoms with Crippen LogP contribution in [-0.4, -0.2) is 30.5 Å². The maximum absolute atomic E-state index is 11.8. The minimum atomic E-state index is -0.385. The maximum Gasteiger partial charge on any atom is 0.293 e. The predicted molar refractivity (Wildman–Crippen MR) is 90.9 cm³/mol. The molecule has 0 atom stereocenters. The quantitative estimate of drug-likeness (QED) is 0.644. The fourth-order valence-electron chi connectivity index (χ4n) is 3.25. The molecule has 0 aliphatic heterocycles. The average Bonchev–Trinajstić information content (AvgIpc) is 3.05. The number of nitrogens with zero attached hydrogens (tertiary/aromatic N) is 2. The highest BCUT2D eigenvalue weighted by atomic mass is 16.6. The summed E-state index contributed by atoms with van der Waals surface area (Å²) in [7, 11) is 1.52. The van der Waals surface area contributed by atoms with Crippen molar-refractivity contribution in [3.8, 4) is 0 Å². The molecule has 0 heterocycles. The van der Waals surface area contributed by atoms with Gasteiger partial charge < -0.3 is 10.2 Å². The van der Waals surface area contributed by atoms with Crippen molar-refractivity contribution < 1.29 is 9.72 Å². The van der Waals surface area contributed by atoms with Gasteiger partial charge in [-0.25, -0.2) is 0 Å². The van der Waals surface area contributed by atoms with Gasteiger partial charge in [-0.2, -0.15) is 0 Å². The number of hydrogen-bond acceptors (Lipinski definition) is 4. The summed E-state index contributed by atoms with van der Waals surface area (Å²) in [4.78, 5) is 25.1. The Balaban J connectivity index is 2.44. The lowest BCUT2D eigenvalue weighted by atomic mass is 10.1. The first-order valence-electron chi connectivity index (χ1n) is 8.21. The molecular formula is C17H25N3O3. The minimum absolute atomic E-state index is 0.0126. The van der Waals surface area contributed by atoms with Crippen molar-refractivity contribution in [3.05, 3.63) is 33.9 Å². The van der Waals surface area contributed by atoms with E-state index in [1.165, 1.54) is 26.0 Å². The Kier molecular flexibility index (Phi) is 5.58. The summed E-state index contributed by atoms with van der Waals surface area (Å²) in [5.41, 5.74) is 0.959. The van der Waals surface area contributed by atoms with Gasteiger partial charge in [0.2, 0.25) is 0 Å². The van der Waals surface area contributed by atoms with Gasteiger partial charge in [0, 0.05) is 31.3 Å². The van der Waals surface area contributed by atoms with Crippen LogP contribution in [0.2, 0.25) is 0 Å². The van der Waals surface area contributed by atoms with Crippen molar-refractivity contribution in [3.63, 3.8) is 0 Å². The second-order valence-electron chi connectivity index (χ2n) is 6.52. The molecule has 126 valence electrons. The number of benzene rings is 1. The van der Waals surface area contributed by atoms with Crippen LogP contribution in [0.15, 0.2) is 18.2 Å². The van der Waals surface area contributed by atoms with E-state index in [9.17, 15) is 14.9 Å². The Morgan fingerprint density at radius 1 is 1.39 bits per heavy atom. The average molecular weight is 319 g/mol. The Labute approximate surface area is 137 Å². The van der Waals surface area contributed by atoms with Gasteiger partial charge >= 0.3 is 0 Å². The standard InChI is InChI=1S/C17H25N3O3/c1-12(2)11-19(14-6-4-5-7-14)15-9-8-13(17(21)18-3)10-16(15)20(22)23/h8-10,12,14H,4-7,11H2,1-3H3,(H,18,21). The van der Waals surface area contributed by atoms with Crippen molar-refractivity contribution in [2.75, 3.05) is 18.5 Å². The number of anilines is 1. The largest absolute Gasteiger partial charge is 0.363 e. The minimum Gasteiger partial charge on any atom is -0.363 e. The highest BCUT2D eigenvalue weighted by Gasteiger charge is 2.29. The summed E-state index contributed by atoms with van der Waals surface area (Å²) in [5.74, 6) is 0.102. The number of nitrogens with one attached hydrogen (secondary N) is 1. The molecule has 0 radical (unpaired) electrons. The third kappa shape index (κ3) is 4.00. The zero-order valence-electron chi connectivity index (χ0n) is 14.0. The Bertz CT molecular complexity index is 580. The van der Waals surface area contributed by atoms with E-state index in [4.69, 9.17) is 0 Å². The lowest BCUT2D eigenvalue weighted by Crippen LogP contribution is -2.36. The number of carbonyl (C=O) groups excluding carboxylic acids is 1. The van der Waals surface area contributed by atoms with Gasteiger partial charge in [0.1, 0.15) is 5.69 Å². The van der Waals surface area contributed by atoms with Crippen molar-refractivity contribution in [1.29, 1.82) is 0 Å². The second kappa shape index (κ2) is 7.44. The van der Waals surface area contributed by atoms with Crippen LogP contribution in [0, 0.1) is 16.0 Å². The predicted octanol–water partition coefficient (Wildman–Crippen LogP) is 3.36. The van der Waals surface area contributed by atoms with E-state index in [1.54, 1.807) is 12.1 Å². The molecule has 1 aromatic rings. The molecule has 1 aliphatic rings. The molecule has 1 amide bonds. The molecule has 23 heavy (non-hydrogen) atoms. The molecule has 1 N–H and O–H groups in total. The molecule has 0 unspecified atom stereocenters. The van der Waals surface area contributed by atoms with Gasteiger partial charge in [0.05, 0.1) is 4.92 Å². The molecule has 1 aromatic carbocycles. The van der Waals surface area contributed by atoms with Crippen LogP contribution in [0.3, 0.4) is 0 Å². The zero-order chi connectivity index (χ0) is 17.0. The molecule has 6 nitrogen and oxygen atoms in total. The Morgan fingerprint density at radius 2 is 2.04 bits per heavy atom. The molecule has 2 rings (SSSR count). The summed E-state index contributed by atoms with van der Waals surface area (Å²) in [6.45, 7) is 5.02. The summed E-state index contributed by atoms with van der Waals surface area (Å²) < 4.78 is 0. The molecule has 0 bridgehead atoms. The first kappa shape index (κ1) is 17.2. The molecule has 1 aliphatic carbocycles. The van der Waals surface area contributed by atoms with E-state index in [1.807, 2.05) is 0 Å². The number of nitro benzene ring substituents is 1. The van der Waals surface area contributed by atoms with Gasteiger partial charge in [-0.3, -0.25) is 14.9 Å². The van der Waals surface area contributed by atoms with Crippen LogP contribution in [0.5, 0.6) is 0 Å². The highest BCUT2D eigenvalue weighted by molar-refractivity contribution is 5.95. The molecule has 1 saturated carbocycles. The molecule has 0 aromatic heterocycles. The Morgan fingerprint density at radius 3 is 2.57 bits per heavy atom. The summed E-state index contributed by atoms with van der Waals surface area (Å²) in [6.07, 6.45) is 4.48. The first-order valence-corrected chi connectivity index (χ1v) is 8.21. The third-order valence-corrected chi connectivity index (χ3v) is 4.30. The number of rotatable bonds is 6. The summed E-state index contributed by atoms with van der Waals surface area (Å²) in [6, 6.07) is 5.13. The number of amides is 1. The smallest absolute Gasteiger partial charge is 0.293 e. The Hall–Kier alpha value is -2.11. The van der Waals surface area contributed by atoms with Crippen molar-refractivity contribution in [2.45, 2.75) is 45.6 Å². The van der Waals surface area contributed by atoms with E-state index in [0.717, 1.165) is 19.4 Å². The number of nitro groups is 1. The van der Waals surface area contributed by atoms with Crippen molar-refractivity contribution in [2.24, 2.45) is 5.92 Å². The topological polar surface area (TPSA) is 75.5 Å². The molecule has 0 saturated heterocycles. The zero-order valence-corrected chi connectivity index (χ0v) is 14.0. The van der Waals surface area contributed by atoms with Crippen LogP contribution in [-0.2, 0) is 0 Å². The van der Waals surface area contributed by atoms with E-state index in [-0.39, 0.29) is 16.5 Å². The van der Waals surface area contributed by atoms with Crippen LogP contribution < -0.4 is 10.2 Å². The summed E-state index contributed by atoms with van der Waals surface area (Å²) >= 11 is 0. The maximum atomic E-state index is 11.8.